The van der Waals surface area contributed by atoms with Crippen LogP contribution in [0.15, 0.2) is 11.4 Å². The van der Waals surface area contributed by atoms with Crippen LogP contribution in [0.1, 0.15) is 15.8 Å². The number of carbonyl (C=O) groups is 2. The lowest BCUT2D eigenvalue weighted by molar-refractivity contribution is -0.133. The molecule has 0 saturated carbocycles. The molecule has 0 bridgehead atoms. The van der Waals surface area contributed by atoms with E-state index in [9.17, 15) is 9.59 Å². The molecule has 0 unspecified atom stereocenters. The molecular formula is C13H18N2O3S2. The van der Waals surface area contributed by atoms with Crippen molar-refractivity contribution >= 4 is 34.9 Å². The maximum Gasteiger partial charge on any atom is 0.239 e. The molecule has 1 atom stereocenters. The van der Waals surface area contributed by atoms with Crippen LogP contribution in [0.5, 0.6) is 0 Å². The minimum atomic E-state index is -0.142. The Morgan fingerprint density at radius 3 is 3.05 bits per heavy atom. The molecule has 2 amide bonds. The minimum absolute atomic E-state index is 0.0229. The molecule has 1 fully saturated rings. The van der Waals surface area contributed by atoms with Gasteiger partial charge in [0.2, 0.25) is 11.8 Å². The summed E-state index contributed by atoms with van der Waals surface area (Å²) in [5, 5.41) is 4.73. The largest absolute Gasteiger partial charge is 0.383 e. The Bertz CT molecular complexity index is 490. The number of thioether (sulfide) groups is 1. The highest BCUT2D eigenvalue weighted by atomic mass is 32.2. The molecule has 1 aliphatic rings. The second-order valence-corrected chi connectivity index (χ2v) is 6.51. The molecule has 1 aliphatic heterocycles. The first-order chi connectivity index (χ1) is 9.63. The van der Waals surface area contributed by atoms with Crippen molar-refractivity contribution in [2.75, 3.05) is 32.6 Å². The van der Waals surface area contributed by atoms with Crippen molar-refractivity contribution in [1.82, 2.24) is 10.2 Å². The van der Waals surface area contributed by atoms with E-state index in [2.05, 4.69) is 5.32 Å². The van der Waals surface area contributed by atoms with E-state index in [1.54, 1.807) is 35.1 Å². The Labute approximate surface area is 126 Å². The first-order valence-corrected chi connectivity index (χ1v) is 8.27. The van der Waals surface area contributed by atoms with Crippen LogP contribution in [0.4, 0.5) is 0 Å². The Balaban J connectivity index is 1.99. The molecule has 0 aromatic carbocycles. The van der Waals surface area contributed by atoms with Crippen LogP contribution in [0.3, 0.4) is 0 Å². The van der Waals surface area contributed by atoms with E-state index in [-0.39, 0.29) is 23.7 Å². The van der Waals surface area contributed by atoms with Gasteiger partial charge in [0.1, 0.15) is 11.9 Å². The second kappa shape index (κ2) is 7.10. The fourth-order valence-electron chi connectivity index (χ4n) is 1.98. The van der Waals surface area contributed by atoms with E-state index in [1.807, 2.05) is 18.4 Å². The van der Waals surface area contributed by atoms with Gasteiger partial charge in [-0.1, -0.05) is 0 Å². The Hall–Kier alpha value is -1.05. The molecule has 1 aromatic rings. The molecule has 2 rings (SSSR count). The topological polar surface area (TPSA) is 58.6 Å². The van der Waals surface area contributed by atoms with Gasteiger partial charge in [0.15, 0.2) is 0 Å². The number of thiophene rings is 1. The molecule has 1 saturated heterocycles. The highest BCUT2D eigenvalue weighted by molar-refractivity contribution is 8.00. The number of nitrogens with one attached hydrogen (secondary N) is 1. The Morgan fingerprint density at radius 2 is 2.40 bits per heavy atom. The first kappa shape index (κ1) is 15.3. The third kappa shape index (κ3) is 3.53. The predicted octanol–water partition coefficient (Wildman–Crippen LogP) is 1.39. The lowest BCUT2D eigenvalue weighted by Crippen LogP contribution is -2.40. The fraction of sp³-hybridized carbons (Fsp3) is 0.538. The van der Waals surface area contributed by atoms with Gasteiger partial charge < -0.3 is 15.0 Å². The van der Waals surface area contributed by atoms with Gasteiger partial charge in [-0.15, -0.1) is 23.1 Å². The second-order valence-electron chi connectivity index (χ2n) is 4.50. The molecule has 0 radical (unpaired) electrons. The van der Waals surface area contributed by atoms with Gasteiger partial charge in [-0.25, -0.2) is 0 Å². The van der Waals surface area contributed by atoms with Crippen LogP contribution in [-0.4, -0.2) is 49.3 Å². The summed E-state index contributed by atoms with van der Waals surface area (Å²) >= 11 is 3.22. The van der Waals surface area contributed by atoms with Crippen LogP contribution in [0.25, 0.3) is 0 Å². The SMILES string of the molecule is COCCNC(=O)CN1C(=O)CS[C@H]1c1sccc1C. The third-order valence-electron chi connectivity index (χ3n) is 3.04. The maximum atomic E-state index is 12.0. The summed E-state index contributed by atoms with van der Waals surface area (Å²) in [5.41, 5.74) is 1.17. The van der Waals surface area contributed by atoms with Crippen LogP contribution >= 0.6 is 23.1 Å². The average molecular weight is 314 g/mol. The number of amides is 2. The standard InChI is InChI=1S/C13H18N2O3S2/c1-9-3-6-19-12(9)13-15(11(17)8-20-13)7-10(16)14-4-5-18-2/h3,6,13H,4-5,7-8H2,1-2H3,(H,14,16)/t13-/m0/s1. The Kier molecular flexibility index (Phi) is 5.45. The van der Waals surface area contributed by atoms with E-state index in [4.69, 9.17) is 4.74 Å². The molecule has 1 N–H and O–H groups in total. The minimum Gasteiger partial charge on any atom is -0.383 e. The van der Waals surface area contributed by atoms with Gasteiger partial charge in [-0.2, -0.15) is 0 Å². The van der Waals surface area contributed by atoms with Crippen molar-refractivity contribution in [1.29, 1.82) is 0 Å². The van der Waals surface area contributed by atoms with Gasteiger partial charge in [-0.05, 0) is 23.9 Å². The smallest absolute Gasteiger partial charge is 0.239 e. The zero-order valence-electron chi connectivity index (χ0n) is 11.5. The van der Waals surface area contributed by atoms with Crippen molar-refractivity contribution in [3.8, 4) is 0 Å². The molecule has 5 nitrogen and oxygen atoms in total. The van der Waals surface area contributed by atoms with Crippen molar-refractivity contribution in [2.24, 2.45) is 0 Å². The molecular weight excluding hydrogens is 296 g/mol. The van der Waals surface area contributed by atoms with E-state index in [0.29, 0.717) is 18.9 Å². The molecule has 0 aliphatic carbocycles. The summed E-state index contributed by atoms with van der Waals surface area (Å²) in [4.78, 5) is 26.6. The summed E-state index contributed by atoms with van der Waals surface area (Å²) in [5.74, 6) is 0.319. The number of rotatable bonds is 6. The van der Waals surface area contributed by atoms with E-state index in [0.717, 1.165) is 4.88 Å². The quantitative estimate of drug-likeness (QED) is 0.806. The molecule has 2 heterocycles. The highest BCUT2D eigenvalue weighted by Gasteiger charge is 2.35. The third-order valence-corrected chi connectivity index (χ3v) is 5.48. The van der Waals surface area contributed by atoms with Crippen molar-refractivity contribution < 1.29 is 14.3 Å². The van der Waals surface area contributed by atoms with Crippen LogP contribution in [0.2, 0.25) is 0 Å². The first-order valence-electron chi connectivity index (χ1n) is 6.34. The average Bonchev–Trinajstić information content (AvgIpc) is 2.97. The van der Waals surface area contributed by atoms with Crippen molar-refractivity contribution in [3.05, 3.63) is 21.9 Å². The molecule has 110 valence electrons. The fourth-order valence-corrected chi connectivity index (χ4v) is 4.45. The van der Waals surface area contributed by atoms with Crippen LogP contribution in [-0.2, 0) is 14.3 Å². The maximum absolute atomic E-state index is 12.0. The predicted molar refractivity (Wildman–Crippen MR) is 80.9 cm³/mol. The Morgan fingerprint density at radius 1 is 1.60 bits per heavy atom. The number of ether oxygens (including phenoxy) is 1. The van der Waals surface area contributed by atoms with Crippen molar-refractivity contribution in [2.45, 2.75) is 12.3 Å². The summed E-state index contributed by atoms with van der Waals surface area (Å²) in [6, 6.07) is 2.04. The summed E-state index contributed by atoms with van der Waals surface area (Å²) in [6.45, 7) is 3.08. The van der Waals surface area contributed by atoms with Crippen molar-refractivity contribution in [3.63, 3.8) is 0 Å². The normalized spacial score (nSPS) is 18.6. The highest BCUT2D eigenvalue weighted by Crippen LogP contribution is 2.41. The van der Waals surface area contributed by atoms with Gasteiger partial charge in [0, 0.05) is 18.5 Å². The summed E-state index contributed by atoms with van der Waals surface area (Å²) in [6.07, 6.45) is 0. The summed E-state index contributed by atoms with van der Waals surface area (Å²) in [7, 11) is 1.59. The number of aryl methyl sites for hydroxylation is 1. The number of hydrogen-bond donors (Lipinski definition) is 1. The molecule has 7 heteroatoms. The van der Waals surface area contributed by atoms with E-state index in [1.165, 1.54) is 5.56 Å². The lowest BCUT2D eigenvalue weighted by atomic mass is 10.2. The number of carbonyl (C=O) groups excluding carboxylic acids is 2. The zero-order chi connectivity index (χ0) is 14.5. The molecule has 0 spiro atoms. The lowest BCUT2D eigenvalue weighted by Gasteiger charge is -2.23. The van der Waals surface area contributed by atoms with Gasteiger partial charge in [0.25, 0.3) is 0 Å². The van der Waals surface area contributed by atoms with Gasteiger partial charge >= 0.3 is 0 Å². The van der Waals surface area contributed by atoms with E-state index >= 15 is 0 Å². The summed E-state index contributed by atoms with van der Waals surface area (Å²) < 4.78 is 4.88. The van der Waals surface area contributed by atoms with Gasteiger partial charge in [0.05, 0.1) is 12.4 Å². The molecule has 20 heavy (non-hydrogen) atoms. The van der Waals surface area contributed by atoms with Crippen LogP contribution in [0, 0.1) is 6.92 Å². The van der Waals surface area contributed by atoms with E-state index < -0.39 is 0 Å². The van der Waals surface area contributed by atoms with Gasteiger partial charge in [-0.3, -0.25) is 9.59 Å². The number of nitrogens with zero attached hydrogens (tertiary/aromatic N) is 1. The zero-order valence-corrected chi connectivity index (χ0v) is 13.2. The molecule has 1 aromatic heterocycles. The monoisotopic (exact) mass is 314 g/mol. The number of methoxy groups -OCH3 is 1. The van der Waals surface area contributed by atoms with Crippen LogP contribution < -0.4 is 5.32 Å². The number of hydrogen-bond acceptors (Lipinski definition) is 5.